The van der Waals surface area contributed by atoms with Gasteiger partial charge in [0.1, 0.15) is 19.3 Å². The molecule has 0 spiro atoms. The Hall–Kier alpha value is -2.44. The van der Waals surface area contributed by atoms with Crippen molar-refractivity contribution >= 4 is 11.9 Å². The van der Waals surface area contributed by atoms with Gasteiger partial charge in [-0.1, -0.05) is 6.07 Å². The molecule has 1 aromatic rings. The van der Waals surface area contributed by atoms with E-state index in [1.165, 1.54) is 0 Å². The molecule has 130 valence electrons. The Morgan fingerprint density at radius 3 is 2.92 bits per heavy atom. The number of hydrogen-bond donors (Lipinski definition) is 2. The summed E-state index contributed by atoms with van der Waals surface area (Å²) in [6, 6.07) is 4.94. The standard InChI is InChI=1S/C17H23N3O4/c1-20(17(22)19-13-4-2-3-7-18-16(13)21)11-12-5-6-14-15(10-12)24-9-8-23-14/h5-6,10,13H,2-4,7-9,11H2,1H3,(H,18,21)(H,19,22)/t13-/m0/s1. The molecule has 0 aromatic heterocycles. The second-order valence-electron chi connectivity index (χ2n) is 6.12. The van der Waals surface area contributed by atoms with Crippen LogP contribution in [0.4, 0.5) is 4.79 Å². The molecule has 0 unspecified atom stereocenters. The fourth-order valence-corrected chi connectivity index (χ4v) is 2.87. The van der Waals surface area contributed by atoms with Gasteiger partial charge >= 0.3 is 6.03 Å². The van der Waals surface area contributed by atoms with Crippen LogP contribution in [0.5, 0.6) is 11.5 Å². The van der Waals surface area contributed by atoms with Gasteiger partial charge in [-0.25, -0.2) is 4.79 Å². The van der Waals surface area contributed by atoms with Crippen molar-refractivity contribution in [2.75, 3.05) is 26.8 Å². The SMILES string of the molecule is CN(Cc1ccc2c(c1)OCCO2)C(=O)N[C@H]1CCCCNC1=O. The number of amides is 3. The highest BCUT2D eigenvalue weighted by molar-refractivity contribution is 5.87. The van der Waals surface area contributed by atoms with E-state index in [-0.39, 0.29) is 11.9 Å². The van der Waals surface area contributed by atoms with Crippen LogP contribution in [0.1, 0.15) is 24.8 Å². The minimum atomic E-state index is -0.456. The maximum absolute atomic E-state index is 12.3. The second kappa shape index (κ2) is 7.42. The number of fused-ring (bicyclic) bond motifs is 1. The van der Waals surface area contributed by atoms with Gasteiger partial charge in [0.05, 0.1) is 0 Å². The molecular weight excluding hydrogens is 310 g/mol. The van der Waals surface area contributed by atoms with Gasteiger partial charge in [0, 0.05) is 20.1 Å². The Labute approximate surface area is 141 Å². The zero-order valence-corrected chi connectivity index (χ0v) is 13.8. The minimum Gasteiger partial charge on any atom is -0.486 e. The largest absolute Gasteiger partial charge is 0.486 e. The normalized spacial score (nSPS) is 19.9. The summed E-state index contributed by atoms with van der Waals surface area (Å²) < 4.78 is 11.1. The lowest BCUT2D eigenvalue weighted by atomic mass is 10.1. The third kappa shape index (κ3) is 3.90. The predicted molar refractivity (Wildman–Crippen MR) is 88.1 cm³/mol. The number of carbonyl (C=O) groups is 2. The Bertz CT molecular complexity index is 620. The number of benzene rings is 1. The van der Waals surface area contributed by atoms with Crippen molar-refractivity contribution < 1.29 is 19.1 Å². The highest BCUT2D eigenvalue weighted by Crippen LogP contribution is 2.31. The number of nitrogens with one attached hydrogen (secondary N) is 2. The van der Waals surface area contributed by atoms with E-state index in [1.54, 1.807) is 11.9 Å². The Morgan fingerprint density at radius 2 is 2.08 bits per heavy atom. The smallest absolute Gasteiger partial charge is 0.318 e. The molecule has 0 aliphatic carbocycles. The topological polar surface area (TPSA) is 79.9 Å². The highest BCUT2D eigenvalue weighted by atomic mass is 16.6. The van der Waals surface area contributed by atoms with E-state index < -0.39 is 6.04 Å². The van der Waals surface area contributed by atoms with Crippen LogP contribution in [-0.4, -0.2) is 49.7 Å². The van der Waals surface area contributed by atoms with E-state index >= 15 is 0 Å². The van der Waals surface area contributed by atoms with Crippen molar-refractivity contribution in [2.24, 2.45) is 0 Å². The molecule has 0 radical (unpaired) electrons. The molecule has 7 heteroatoms. The molecule has 0 saturated carbocycles. The summed E-state index contributed by atoms with van der Waals surface area (Å²) in [5.41, 5.74) is 0.946. The van der Waals surface area contributed by atoms with Crippen LogP contribution in [0.25, 0.3) is 0 Å². The average molecular weight is 333 g/mol. The van der Waals surface area contributed by atoms with Crippen molar-refractivity contribution in [3.8, 4) is 11.5 Å². The molecule has 2 aliphatic rings. The molecule has 3 rings (SSSR count). The van der Waals surface area contributed by atoms with Crippen molar-refractivity contribution in [3.63, 3.8) is 0 Å². The number of carbonyl (C=O) groups excluding carboxylic acids is 2. The summed E-state index contributed by atoms with van der Waals surface area (Å²) in [5.74, 6) is 1.33. The Kier molecular flexibility index (Phi) is 5.08. The van der Waals surface area contributed by atoms with E-state index in [4.69, 9.17) is 9.47 Å². The maximum Gasteiger partial charge on any atom is 0.318 e. The van der Waals surface area contributed by atoms with Gasteiger partial charge in [0.2, 0.25) is 5.91 Å². The van der Waals surface area contributed by atoms with Crippen LogP contribution in [0, 0.1) is 0 Å². The zero-order valence-electron chi connectivity index (χ0n) is 13.8. The first-order chi connectivity index (χ1) is 11.6. The first kappa shape index (κ1) is 16.4. The Morgan fingerprint density at radius 1 is 1.29 bits per heavy atom. The molecule has 1 atom stereocenters. The molecule has 3 amide bonds. The van der Waals surface area contributed by atoms with E-state index in [2.05, 4.69) is 10.6 Å². The quantitative estimate of drug-likeness (QED) is 0.873. The zero-order chi connectivity index (χ0) is 16.9. The van der Waals surface area contributed by atoms with E-state index in [0.717, 1.165) is 24.2 Å². The summed E-state index contributed by atoms with van der Waals surface area (Å²) in [6.45, 7) is 2.19. The highest BCUT2D eigenvalue weighted by Gasteiger charge is 2.24. The second-order valence-corrected chi connectivity index (χ2v) is 6.12. The first-order valence-corrected chi connectivity index (χ1v) is 8.31. The lowest BCUT2D eigenvalue weighted by Crippen LogP contribution is -2.49. The molecule has 2 heterocycles. The third-order valence-electron chi connectivity index (χ3n) is 4.21. The van der Waals surface area contributed by atoms with Crippen LogP contribution in [0.2, 0.25) is 0 Å². The van der Waals surface area contributed by atoms with E-state index in [1.807, 2.05) is 18.2 Å². The van der Waals surface area contributed by atoms with Crippen molar-refractivity contribution in [3.05, 3.63) is 23.8 Å². The summed E-state index contributed by atoms with van der Waals surface area (Å²) in [5, 5.41) is 5.63. The number of ether oxygens (including phenoxy) is 2. The number of urea groups is 1. The molecule has 7 nitrogen and oxygen atoms in total. The molecule has 1 fully saturated rings. The van der Waals surface area contributed by atoms with Gasteiger partial charge in [-0.2, -0.15) is 0 Å². The molecular formula is C17H23N3O4. The van der Waals surface area contributed by atoms with Crippen LogP contribution in [0.15, 0.2) is 18.2 Å². The van der Waals surface area contributed by atoms with Gasteiger partial charge < -0.3 is 25.0 Å². The van der Waals surface area contributed by atoms with Gasteiger partial charge in [-0.05, 0) is 37.0 Å². The lowest BCUT2D eigenvalue weighted by molar-refractivity contribution is -0.122. The summed E-state index contributed by atoms with van der Waals surface area (Å²) in [7, 11) is 1.71. The van der Waals surface area contributed by atoms with Gasteiger partial charge in [0.15, 0.2) is 11.5 Å². The van der Waals surface area contributed by atoms with Crippen LogP contribution in [0.3, 0.4) is 0 Å². The number of rotatable bonds is 3. The predicted octanol–water partition coefficient (Wildman–Crippen LogP) is 1.27. The molecule has 1 aromatic carbocycles. The summed E-state index contributed by atoms with van der Waals surface area (Å²) >= 11 is 0. The minimum absolute atomic E-state index is 0.103. The van der Waals surface area contributed by atoms with Crippen LogP contribution < -0.4 is 20.1 Å². The summed E-state index contributed by atoms with van der Waals surface area (Å²) in [4.78, 5) is 25.8. The first-order valence-electron chi connectivity index (χ1n) is 8.31. The monoisotopic (exact) mass is 333 g/mol. The third-order valence-corrected chi connectivity index (χ3v) is 4.21. The van der Waals surface area contributed by atoms with E-state index in [0.29, 0.717) is 38.5 Å². The van der Waals surface area contributed by atoms with Crippen LogP contribution in [-0.2, 0) is 11.3 Å². The van der Waals surface area contributed by atoms with Crippen molar-refractivity contribution in [2.45, 2.75) is 31.8 Å². The average Bonchev–Trinajstić information content (AvgIpc) is 2.79. The molecule has 2 N–H and O–H groups in total. The maximum atomic E-state index is 12.3. The van der Waals surface area contributed by atoms with Gasteiger partial charge in [0.25, 0.3) is 0 Å². The lowest BCUT2D eigenvalue weighted by Gasteiger charge is -2.23. The Balaban J connectivity index is 1.58. The molecule has 24 heavy (non-hydrogen) atoms. The fraction of sp³-hybridized carbons (Fsp3) is 0.529. The van der Waals surface area contributed by atoms with Crippen molar-refractivity contribution in [1.82, 2.24) is 15.5 Å². The molecule has 2 aliphatic heterocycles. The molecule has 0 bridgehead atoms. The number of nitrogens with zero attached hydrogens (tertiary/aromatic N) is 1. The summed E-state index contributed by atoms with van der Waals surface area (Å²) in [6.07, 6.45) is 2.55. The fourth-order valence-electron chi connectivity index (χ4n) is 2.87. The van der Waals surface area contributed by atoms with Crippen molar-refractivity contribution in [1.29, 1.82) is 0 Å². The van der Waals surface area contributed by atoms with Gasteiger partial charge in [-0.3, -0.25) is 4.79 Å². The number of hydrogen-bond acceptors (Lipinski definition) is 4. The molecule has 1 saturated heterocycles. The van der Waals surface area contributed by atoms with Crippen LogP contribution >= 0.6 is 0 Å². The van der Waals surface area contributed by atoms with Gasteiger partial charge in [-0.15, -0.1) is 0 Å². The van der Waals surface area contributed by atoms with E-state index in [9.17, 15) is 9.59 Å².